The fourth-order valence-corrected chi connectivity index (χ4v) is 7.57. The Kier molecular flexibility index (Phi) is 8.73. The molecule has 1 aromatic carbocycles. The second-order valence-electron chi connectivity index (χ2n) is 15.5. The number of hydrogen-bond donors (Lipinski definition) is 3. The zero-order chi connectivity index (χ0) is 33.9. The molecule has 0 unspecified atom stereocenters. The van der Waals surface area contributed by atoms with Crippen LogP contribution < -0.4 is 0 Å². The molecule has 7 nitrogen and oxygen atoms in total. The molecular weight excluding hydrogens is 568 g/mol. The summed E-state index contributed by atoms with van der Waals surface area (Å²) in [5.74, 6) is -2.58. The molecule has 1 saturated heterocycles. The van der Waals surface area contributed by atoms with Crippen molar-refractivity contribution in [3.63, 3.8) is 0 Å². The highest BCUT2D eigenvalue weighted by Crippen LogP contribution is 2.69. The number of phenols is 2. The predicted molar refractivity (Wildman–Crippen MR) is 175 cm³/mol. The van der Waals surface area contributed by atoms with E-state index in [9.17, 15) is 20.1 Å². The van der Waals surface area contributed by atoms with Crippen molar-refractivity contribution in [3.05, 3.63) is 70.5 Å². The van der Waals surface area contributed by atoms with Crippen molar-refractivity contribution in [2.45, 2.75) is 106 Å². The zero-order valence-corrected chi connectivity index (χ0v) is 28.5. The van der Waals surface area contributed by atoms with Crippen LogP contribution in [0.25, 0.3) is 0 Å². The molecule has 1 heterocycles. The van der Waals surface area contributed by atoms with Gasteiger partial charge in [-0.05, 0) is 111 Å². The molecule has 4 rings (SSSR count). The Morgan fingerprint density at radius 2 is 1.60 bits per heavy atom. The Bertz CT molecular complexity index is 1540. The summed E-state index contributed by atoms with van der Waals surface area (Å²) in [6.45, 7) is 19.0. The third-order valence-electron chi connectivity index (χ3n) is 10.5. The van der Waals surface area contributed by atoms with E-state index in [0.717, 1.165) is 17.2 Å². The van der Waals surface area contributed by atoms with Gasteiger partial charge in [-0.2, -0.15) is 0 Å². The normalized spacial score (nSPS) is 28.8. The summed E-state index contributed by atoms with van der Waals surface area (Å²) in [6, 6.07) is 3.72. The average molecular weight is 619 g/mol. The maximum atomic E-state index is 15.3. The molecule has 4 atom stereocenters. The largest absolute Gasteiger partial charge is 0.504 e. The van der Waals surface area contributed by atoms with Crippen LogP contribution in [0, 0.1) is 28.1 Å². The molecule has 0 radical (unpaired) electrons. The lowest BCUT2D eigenvalue weighted by Crippen LogP contribution is -2.69. The topological polar surface area (TPSA) is 121 Å². The van der Waals surface area contributed by atoms with Crippen LogP contribution in [0.4, 0.5) is 0 Å². The third kappa shape index (κ3) is 5.73. The summed E-state index contributed by atoms with van der Waals surface area (Å²) < 4.78 is 6.74. The number of fused-ring (bicyclic) bond motifs is 1. The van der Waals surface area contributed by atoms with Crippen molar-refractivity contribution < 1.29 is 34.4 Å². The van der Waals surface area contributed by atoms with Gasteiger partial charge in [-0.15, -0.1) is 0 Å². The van der Waals surface area contributed by atoms with Gasteiger partial charge in [0.1, 0.15) is 22.3 Å². The van der Waals surface area contributed by atoms with E-state index in [1.165, 1.54) is 12.1 Å². The number of ether oxygens (including phenoxy) is 1. The van der Waals surface area contributed by atoms with Crippen LogP contribution >= 0.6 is 0 Å². The molecule has 3 aliphatic rings. The number of ketones is 3. The summed E-state index contributed by atoms with van der Waals surface area (Å²) in [5.41, 5.74) is -3.71. The van der Waals surface area contributed by atoms with Crippen LogP contribution in [0.1, 0.15) is 105 Å². The van der Waals surface area contributed by atoms with E-state index in [1.54, 1.807) is 19.9 Å². The minimum Gasteiger partial charge on any atom is -0.504 e. The van der Waals surface area contributed by atoms with Crippen LogP contribution in [0.15, 0.2) is 65.0 Å². The summed E-state index contributed by atoms with van der Waals surface area (Å²) >= 11 is 0. The highest BCUT2D eigenvalue weighted by Gasteiger charge is 2.74. The van der Waals surface area contributed by atoms with E-state index in [2.05, 4.69) is 6.08 Å². The SMILES string of the molecule is CC(C)=CC[C@H]1C[C@]23C[C@H](C=CC(C)(C)O)C(C)(C)OC2=C(C(=O)c2ccc(O)c(O)c2)C(=O)[C@@](CC=C(C)C)(C3=O)C1(C)C. The van der Waals surface area contributed by atoms with Crippen molar-refractivity contribution in [1.82, 2.24) is 0 Å². The number of Topliss-reactive ketones (excluding diaryl/α,β-unsaturated/α-hetero) is 3. The first-order valence-corrected chi connectivity index (χ1v) is 15.9. The molecule has 0 amide bonds. The number of aliphatic hydroxyl groups is 1. The van der Waals surface area contributed by atoms with E-state index in [1.807, 2.05) is 67.5 Å². The second-order valence-corrected chi connectivity index (χ2v) is 15.5. The minimum absolute atomic E-state index is 0.0189. The first kappa shape index (κ1) is 34.4. The Hall–Kier alpha value is -3.45. The van der Waals surface area contributed by atoms with Crippen LogP contribution in [-0.4, -0.2) is 43.9 Å². The van der Waals surface area contributed by atoms with Crippen LogP contribution in [0.3, 0.4) is 0 Å². The van der Waals surface area contributed by atoms with E-state index in [0.29, 0.717) is 19.3 Å². The van der Waals surface area contributed by atoms with Crippen molar-refractivity contribution in [2.24, 2.45) is 28.1 Å². The van der Waals surface area contributed by atoms with Gasteiger partial charge in [0.05, 0.1) is 11.0 Å². The molecule has 7 heteroatoms. The van der Waals surface area contributed by atoms with Gasteiger partial charge >= 0.3 is 0 Å². The summed E-state index contributed by atoms with van der Waals surface area (Å²) in [4.78, 5) is 45.0. The lowest BCUT2D eigenvalue weighted by atomic mass is 9.39. The molecule has 2 aliphatic carbocycles. The highest BCUT2D eigenvalue weighted by atomic mass is 16.5. The smallest absolute Gasteiger partial charge is 0.200 e. The van der Waals surface area contributed by atoms with Gasteiger partial charge in [0.25, 0.3) is 0 Å². The van der Waals surface area contributed by atoms with E-state index in [4.69, 9.17) is 4.74 Å². The summed E-state index contributed by atoms with van der Waals surface area (Å²) in [7, 11) is 0. The molecule has 2 fully saturated rings. The van der Waals surface area contributed by atoms with E-state index >= 15 is 9.59 Å². The maximum Gasteiger partial charge on any atom is 0.200 e. The van der Waals surface area contributed by atoms with Crippen molar-refractivity contribution in [2.75, 3.05) is 0 Å². The molecule has 1 aliphatic heterocycles. The number of rotatable bonds is 8. The first-order valence-electron chi connectivity index (χ1n) is 15.9. The molecule has 0 aromatic heterocycles. The third-order valence-corrected chi connectivity index (χ3v) is 10.5. The monoisotopic (exact) mass is 618 g/mol. The van der Waals surface area contributed by atoms with Gasteiger partial charge in [-0.3, -0.25) is 14.4 Å². The number of carbonyl (C=O) groups excluding carboxylic acids is 3. The fourth-order valence-electron chi connectivity index (χ4n) is 7.57. The summed E-state index contributed by atoms with van der Waals surface area (Å²) in [6.07, 6.45) is 9.19. The van der Waals surface area contributed by atoms with Crippen molar-refractivity contribution in [3.8, 4) is 11.5 Å². The zero-order valence-electron chi connectivity index (χ0n) is 28.5. The standard InChI is InChI=1S/C38H50O7/c1-22(2)11-13-25-20-37-21-26(16-17-34(5,6)44)36(9,10)45-32(37)29(30(41)24-12-14-27(39)28(40)19-24)31(42)38(33(37)43,35(25,7)8)18-15-23(3)4/h11-12,14-17,19,25-26,39-40,44H,13,18,20-21H2,1-10H3/t25-,26-,37-,38-/m0/s1. The molecule has 2 bridgehead atoms. The Balaban J connectivity index is 2.11. The van der Waals surface area contributed by atoms with Gasteiger partial charge in [0, 0.05) is 11.5 Å². The van der Waals surface area contributed by atoms with Crippen LogP contribution in [0.2, 0.25) is 0 Å². The fraction of sp³-hybridized carbons (Fsp3) is 0.553. The lowest BCUT2D eigenvalue weighted by molar-refractivity contribution is -0.186. The summed E-state index contributed by atoms with van der Waals surface area (Å²) in [5, 5.41) is 30.8. The second kappa shape index (κ2) is 11.4. The molecular formula is C38H50O7. The highest BCUT2D eigenvalue weighted by molar-refractivity contribution is 6.35. The molecule has 3 N–H and O–H groups in total. The average Bonchev–Trinajstić information content (AvgIpc) is 2.90. The van der Waals surface area contributed by atoms with E-state index in [-0.39, 0.29) is 46.7 Å². The molecule has 244 valence electrons. The van der Waals surface area contributed by atoms with Gasteiger partial charge < -0.3 is 20.1 Å². The Labute approximate surface area is 267 Å². The van der Waals surface area contributed by atoms with E-state index < -0.39 is 44.8 Å². The van der Waals surface area contributed by atoms with Crippen molar-refractivity contribution >= 4 is 17.3 Å². The Morgan fingerprint density at radius 1 is 0.978 bits per heavy atom. The number of allylic oxidation sites excluding steroid dienone is 6. The molecule has 1 saturated carbocycles. The predicted octanol–water partition coefficient (Wildman–Crippen LogP) is 7.56. The molecule has 45 heavy (non-hydrogen) atoms. The van der Waals surface area contributed by atoms with Gasteiger partial charge in [0.15, 0.2) is 28.8 Å². The van der Waals surface area contributed by atoms with Gasteiger partial charge in [-0.25, -0.2) is 0 Å². The first-order chi connectivity index (χ1) is 20.6. The quantitative estimate of drug-likeness (QED) is 0.0904. The number of benzene rings is 1. The van der Waals surface area contributed by atoms with Gasteiger partial charge in [-0.1, -0.05) is 49.3 Å². The maximum absolute atomic E-state index is 15.3. The number of phenolic OH excluding ortho intramolecular Hbond substituents is 2. The van der Waals surface area contributed by atoms with Crippen LogP contribution in [0.5, 0.6) is 11.5 Å². The number of aromatic hydroxyl groups is 2. The Morgan fingerprint density at radius 3 is 2.16 bits per heavy atom. The van der Waals surface area contributed by atoms with Gasteiger partial charge in [0.2, 0.25) is 0 Å². The minimum atomic E-state index is -1.55. The van der Waals surface area contributed by atoms with Crippen LogP contribution in [-0.2, 0) is 14.3 Å². The number of carbonyl (C=O) groups is 3. The molecule has 1 spiro atoms. The molecule has 1 aromatic rings. The lowest BCUT2D eigenvalue weighted by Gasteiger charge is -2.63. The van der Waals surface area contributed by atoms with Crippen molar-refractivity contribution in [1.29, 1.82) is 0 Å². The number of hydrogen-bond acceptors (Lipinski definition) is 7.